The maximum Gasteiger partial charge on any atom is 0.303 e. The van der Waals surface area contributed by atoms with Gasteiger partial charge in [-0.05, 0) is 31.2 Å². The van der Waals surface area contributed by atoms with Crippen LogP contribution < -0.4 is 20.1 Å². The predicted octanol–water partition coefficient (Wildman–Crippen LogP) is 4.28. The van der Waals surface area contributed by atoms with Gasteiger partial charge in [-0.2, -0.15) is 0 Å². The number of hydrogen-bond donors (Lipinski definition) is 3. The molecule has 8 nitrogen and oxygen atoms in total. The molecular weight excluding hydrogens is 444 g/mol. The van der Waals surface area contributed by atoms with Crippen molar-refractivity contribution in [3.05, 3.63) is 41.4 Å². The zero-order chi connectivity index (χ0) is 23.0. The lowest BCUT2D eigenvalue weighted by Crippen LogP contribution is -2.22. The highest BCUT2D eigenvalue weighted by atomic mass is 35.5. The largest absolute Gasteiger partial charge is 0.495 e. The van der Waals surface area contributed by atoms with Crippen LogP contribution in [0.1, 0.15) is 19.8 Å². The van der Waals surface area contributed by atoms with E-state index in [2.05, 4.69) is 10.6 Å². The molecule has 0 spiro atoms. The molecule has 2 aromatic rings. The fourth-order valence-electron chi connectivity index (χ4n) is 2.54. The van der Waals surface area contributed by atoms with Gasteiger partial charge in [-0.1, -0.05) is 17.7 Å². The van der Waals surface area contributed by atoms with Crippen molar-refractivity contribution in [2.24, 2.45) is 0 Å². The molecule has 0 fully saturated rings. The van der Waals surface area contributed by atoms with Gasteiger partial charge in [0.25, 0.3) is 0 Å². The Morgan fingerprint density at radius 3 is 2.42 bits per heavy atom. The number of hydrogen-bond acceptors (Lipinski definition) is 6. The minimum Gasteiger partial charge on any atom is -0.495 e. The molecule has 0 saturated carbocycles. The molecule has 2 rings (SSSR count). The number of anilines is 2. The van der Waals surface area contributed by atoms with Crippen LogP contribution in [0.3, 0.4) is 0 Å². The minimum absolute atomic E-state index is 0.113. The lowest BCUT2D eigenvalue weighted by atomic mass is 10.2. The number of nitrogens with one attached hydrogen (secondary N) is 2. The molecule has 1 atom stereocenters. The Kier molecular flexibility index (Phi) is 9.02. The molecular formula is C21H23ClN2O6S. The third-order valence-corrected chi connectivity index (χ3v) is 5.49. The molecule has 0 heterocycles. The molecule has 2 aromatic carbocycles. The van der Waals surface area contributed by atoms with Crippen LogP contribution in [0.15, 0.2) is 41.3 Å². The molecule has 3 N–H and O–H groups in total. The second kappa shape index (κ2) is 11.5. The van der Waals surface area contributed by atoms with Crippen LogP contribution >= 0.6 is 23.4 Å². The first kappa shape index (κ1) is 24.4. The number of thioether (sulfide) groups is 1. The number of benzene rings is 2. The maximum atomic E-state index is 12.7. The quantitative estimate of drug-likeness (QED) is 0.448. The van der Waals surface area contributed by atoms with Gasteiger partial charge in [0.1, 0.15) is 11.5 Å². The van der Waals surface area contributed by atoms with Crippen LogP contribution in [0, 0.1) is 0 Å². The average molecular weight is 467 g/mol. The molecule has 2 amide bonds. The molecule has 0 aliphatic rings. The zero-order valence-corrected chi connectivity index (χ0v) is 18.8. The summed E-state index contributed by atoms with van der Waals surface area (Å²) in [6.07, 6.45) is -0.353. The third-order valence-electron chi connectivity index (χ3n) is 4.10. The molecule has 166 valence electrons. The fourth-order valence-corrected chi connectivity index (χ4v) is 3.71. The topological polar surface area (TPSA) is 114 Å². The van der Waals surface area contributed by atoms with Crippen molar-refractivity contribution in [2.75, 3.05) is 24.9 Å². The molecule has 1 unspecified atom stereocenters. The van der Waals surface area contributed by atoms with Crippen LogP contribution in [0.25, 0.3) is 0 Å². The normalized spacial score (nSPS) is 11.4. The summed E-state index contributed by atoms with van der Waals surface area (Å²) in [5.74, 6) is -0.840. The summed E-state index contributed by atoms with van der Waals surface area (Å²) in [6, 6.07) is 10.1. The number of aliphatic carboxylic acids is 1. The van der Waals surface area contributed by atoms with Crippen molar-refractivity contribution in [3.8, 4) is 11.5 Å². The Morgan fingerprint density at radius 2 is 1.77 bits per heavy atom. The van der Waals surface area contributed by atoms with Gasteiger partial charge in [0.05, 0.1) is 36.6 Å². The SMILES string of the molecule is COc1cc(OC)c(NC(=O)C(C)Sc2cccc(NC(=O)CCC(=O)O)c2)cc1Cl. The van der Waals surface area contributed by atoms with Gasteiger partial charge >= 0.3 is 5.97 Å². The number of halogens is 1. The van der Waals surface area contributed by atoms with E-state index in [0.717, 1.165) is 4.90 Å². The number of carbonyl (C=O) groups excluding carboxylic acids is 2. The number of ether oxygens (including phenoxy) is 2. The Labute approximate surface area is 189 Å². The molecule has 0 saturated heterocycles. The van der Waals surface area contributed by atoms with Gasteiger partial charge < -0.3 is 25.2 Å². The molecule has 0 bridgehead atoms. The highest BCUT2D eigenvalue weighted by molar-refractivity contribution is 8.00. The van der Waals surface area contributed by atoms with E-state index in [1.807, 2.05) is 6.07 Å². The Balaban J connectivity index is 2.03. The van der Waals surface area contributed by atoms with Gasteiger partial charge in [0, 0.05) is 23.1 Å². The van der Waals surface area contributed by atoms with Gasteiger partial charge in [0.15, 0.2) is 0 Å². The summed E-state index contributed by atoms with van der Waals surface area (Å²) in [6.45, 7) is 1.75. The molecule has 10 heteroatoms. The minimum atomic E-state index is -1.03. The highest BCUT2D eigenvalue weighted by Crippen LogP contribution is 2.36. The number of carbonyl (C=O) groups is 3. The zero-order valence-electron chi connectivity index (χ0n) is 17.2. The van der Waals surface area contributed by atoms with Crippen molar-refractivity contribution < 1.29 is 29.0 Å². The smallest absolute Gasteiger partial charge is 0.303 e. The molecule has 0 radical (unpaired) electrons. The molecule has 31 heavy (non-hydrogen) atoms. The summed E-state index contributed by atoms with van der Waals surface area (Å²) < 4.78 is 10.4. The Hall–Kier alpha value is -2.91. The van der Waals surface area contributed by atoms with Crippen LogP contribution in [-0.2, 0) is 14.4 Å². The van der Waals surface area contributed by atoms with Crippen molar-refractivity contribution in [3.63, 3.8) is 0 Å². The first-order valence-electron chi connectivity index (χ1n) is 9.24. The number of amides is 2. The van der Waals surface area contributed by atoms with E-state index in [1.165, 1.54) is 26.0 Å². The first-order valence-corrected chi connectivity index (χ1v) is 10.5. The van der Waals surface area contributed by atoms with E-state index in [0.29, 0.717) is 27.9 Å². The second-order valence-corrected chi connectivity index (χ2v) is 8.23. The molecule has 0 aliphatic heterocycles. The number of carboxylic acids is 1. The van der Waals surface area contributed by atoms with E-state index in [4.69, 9.17) is 26.2 Å². The summed E-state index contributed by atoms with van der Waals surface area (Å²) in [5, 5.41) is 14.0. The lowest BCUT2D eigenvalue weighted by Gasteiger charge is -2.16. The lowest BCUT2D eigenvalue weighted by molar-refractivity contribution is -0.138. The monoisotopic (exact) mass is 466 g/mol. The average Bonchev–Trinajstić information content (AvgIpc) is 2.72. The summed E-state index contributed by atoms with van der Waals surface area (Å²) >= 11 is 7.45. The highest BCUT2D eigenvalue weighted by Gasteiger charge is 2.18. The van der Waals surface area contributed by atoms with Gasteiger partial charge in [-0.25, -0.2) is 0 Å². The maximum absolute atomic E-state index is 12.7. The number of carboxylic acid groups (broad SMARTS) is 1. The van der Waals surface area contributed by atoms with E-state index in [9.17, 15) is 14.4 Å². The van der Waals surface area contributed by atoms with Crippen LogP contribution in [-0.4, -0.2) is 42.4 Å². The van der Waals surface area contributed by atoms with Crippen LogP contribution in [0.5, 0.6) is 11.5 Å². The summed E-state index contributed by atoms with van der Waals surface area (Å²) in [7, 11) is 2.97. The first-order chi connectivity index (χ1) is 14.7. The second-order valence-electron chi connectivity index (χ2n) is 6.41. The Bertz CT molecular complexity index is 969. The van der Waals surface area contributed by atoms with E-state index in [-0.39, 0.29) is 24.7 Å². The van der Waals surface area contributed by atoms with Gasteiger partial charge in [-0.15, -0.1) is 11.8 Å². The van der Waals surface area contributed by atoms with Gasteiger partial charge in [-0.3, -0.25) is 14.4 Å². The Morgan fingerprint density at radius 1 is 1.06 bits per heavy atom. The molecule has 0 aliphatic carbocycles. The van der Waals surface area contributed by atoms with E-state index >= 15 is 0 Å². The number of rotatable bonds is 10. The summed E-state index contributed by atoms with van der Waals surface area (Å²) in [4.78, 5) is 35.8. The van der Waals surface area contributed by atoms with Crippen molar-refractivity contribution in [2.45, 2.75) is 29.9 Å². The van der Waals surface area contributed by atoms with Crippen molar-refractivity contribution >= 4 is 52.5 Å². The van der Waals surface area contributed by atoms with Crippen LogP contribution in [0.2, 0.25) is 5.02 Å². The van der Waals surface area contributed by atoms with Crippen LogP contribution in [0.4, 0.5) is 11.4 Å². The number of methoxy groups -OCH3 is 2. The summed E-state index contributed by atoms with van der Waals surface area (Å²) in [5.41, 5.74) is 0.946. The van der Waals surface area contributed by atoms with Crippen molar-refractivity contribution in [1.29, 1.82) is 0 Å². The van der Waals surface area contributed by atoms with E-state index in [1.54, 1.807) is 37.3 Å². The van der Waals surface area contributed by atoms with E-state index < -0.39 is 11.2 Å². The predicted molar refractivity (Wildman–Crippen MR) is 120 cm³/mol. The third kappa shape index (κ3) is 7.37. The fraction of sp³-hybridized carbons (Fsp3) is 0.286. The van der Waals surface area contributed by atoms with Gasteiger partial charge in [0.2, 0.25) is 11.8 Å². The molecule has 0 aromatic heterocycles. The van der Waals surface area contributed by atoms with Crippen molar-refractivity contribution in [1.82, 2.24) is 0 Å². The standard InChI is InChI=1S/C21H23ClN2O6S/c1-12(21(28)24-16-10-15(22)17(29-2)11-18(16)30-3)31-14-6-4-5-13(9-14)23-19(25)7-8-20(26)27/h4-6,9-12H,7-8H2,1-3H3,(H,23,25)(H,24,28)(H,26,27).